The summed E-state index contributed by atoms with van der Waals surface area (Å²) < 4.78 is 10.0. The third-order valence-electron chi connectivity index (χ3n) is 4.15. The van der Waals surface area contributed by atoms with Crippen molar-refractivity contribution in [3.8, 4) is 5.75 Å². The summed E-state index contributed by atoms with van der Waals surface area (Å²) >= 11 is 1.26. The van der Waals surface area contributed by atoms with Crippen LogP contribution in [0.4, 0.5) is 10.8 Å². The van der Waals surface area contributed by atoms with Crippen molar-refractivity contribution in [1.29, 1.82) is 0 Å². The van der Waals surface area contributed by atoms with E-state index in [1.165, 1.54) is 18.4 Å². The smallest absolute Gasteiger partial charge is 0.337 e. The molecule has 0 atom stereocenters. The lowest BCUT2D eigenvalue weighted by molar-refractivity contribution is 0.0600. The van der Waals surface area contributed by atoms with E-state index in [-0.39, 0.29) is 12.5 Å². The molecule has 0 radical (unpaired) electrons. The molecule has 0 saturated heterocycles. The minimum absolute atomic E-state index is 0.225. The number of hydrogen-bond donors (Lipinski definition) is 2. The SMILES string of the molecule is COC(=O)c1cccc(CNC(=O)c2sc(Nc3ccccc3OC)nc2C)c1. The van der Waals surface area contributed by atoms with Crippen LogP contribution in [0.3, 0.4) is 0 Å². The first-order chi connectivity index (χ1) is 14.0. The van der Waals surface area contributed by atoms with Crippen LogP contribution in [-0.2, 0) is 11.3 Å². The number of carbonyl (C=O) groups excluding carboxylic acids is 2. The van der Waals surface area contributed by atoms with Gasteiger partial charge in [0.1, 0.15) is 10.6 Å². The Morgan fingerprint density at radius 2 is 1.90 bits per heavy atom. The van der Waals surface area contributed by atoms with Crippen LogP contribution < -0.4 is 15.4 Å². The predicted octanol–water partition coefficient (Wildman–Crippen LogP) is 3.92. The van der Waals surface area contributed by atoms with E-state index in [9.17, 15) is 9.59 Å². The fourth-order valence-corrected chi connectivity index (χ4v) is 3.61. The van der Waals surface area contributed by atoms with Crippen molar-refractivity contribution in [2.24, 2.45) is 0 Å². The van der Waals surface area contributed by atoms with Crippen LogP contribution in [0.25, 0.3) is 0 Å². The quantitative estimate of drug-likeness (QED) is 0.573. The zero-order valence-corrected chi connectivity index (χ0v) is 17.1. The van der Waals surface area contributed by atoms with Crippen LogP contribution >= 0.6 is 11.3 Å². The first-order valence-corrected chi connectivity index (χ1v) is 9.66. The molecule has 0 spiro atoms. The van der Waals surface area contributed by atoms with E-state index in [4.69, 9.17) is 9.47 Å². The maximum atomic E-state index is 12.6. The number of carbonyl (C=O) groups is 2. The number of thiazole rings is 1. The number of benzene rings is 2. The monoisotopic (exact) mass is 411 g/mol. The molecule has 0 saturated carbocycles. The third-order valence-corrected chi connectivity index (χ3v) is 5.22. The van der Waals surface area contributed by atoms with E-state index >= 15 is 0 Å². The van der Waals surface area contributed by atoms with Gasteiger partial charge in [0.25, 0.3) is 5.91 Å². The van der Waals surface area contributed by atoms with Crippen molar-refractivity contribution in [2.45, 2.75) is 13.5 Å². The zero-order valence-electron chi connectivity index (χ0n) is 16.3. The van der Waals surface area contributed by atoms with Gasteiger partial charge in [0.05, 0.1) is 31.2 Å². The molecule has 0 bridgehead atoms. The second-order valence-electron chi connectivity index (χ2n) is 6.13. The summed E-state index contributed by atoms with van der Waals surface area (Å²) in [7, 11) is 2.93. The van der Waals surface area contributed by atoms with Crippen LogP contribution in [0, 0.1) is 6.92 Å². The Kier molecular flexibility index (Phi) is 6.46. The van der Waals surface area contributed by atoms with Gasteiger partial charge in [-0.25, -0.2) is 9.78 Å². The fraction of sp³-hybridized carbons (Fsp3) is 0.190. The highest BCUT2D eigenvalue weighted by molar-refractivity contribution is 7.17. The highest BCUT2D eigenvalue weighted by Crippen LogP contribution is 2.30. The molecule has 1 aromatic heterocycles. The van der Waals surface area contributed by atoms with Gasteiger partial charge in [-0.05, 0) is 36.8 Å². The Bertz CT molecular complexity index is 1030. The predicted molar refractivity (Wildman–Crippen MR) is 112 cm³/mol. The number of nitrogens with one attached hydrogen (secondary N) is 2. The Morgan fingerprint density at radius 1 is 1.10 bits per heavy atom. The summed E-state index contributed by atoms with van der Waals surface area (Å²) in [5.41, 5.74) is 2.65. The number of para-hydroxylation sites is 2. The minimum atomic E-state index is -0.413. The van der Waals surface area contributed by atoms with Crippen molar-refractivity contribution in [2.75, 3.05) is 19.5 Å². The van der Waals surface area contributed by atoms with Crippen molar-refractivity contribution >= 4 is 34.0 Å². The highest BCUT2D eigenvalue weighted by atomic mass is 32.1. The van der Waals surface area contributed by atoms with Gasteiger partial charge in [0.2, 0.25) is 0 Å². The molecule has 0 aliphatic carbocycles. The number of aromatic nitrogens is 1. The average molecular weight is 411 g/mol. The first kappa shape index (κ1) is 20.3. The first-order valence-electron chi connectivity index (χ1n) is 8.84. The Labute approximate surface area is 172 Å². The number of ether oxygens (including phenoxy) is 2. The normalized spacial score (nSPS) is 10.3. The third kappa shape index (κ3) is 4.91. The number of aryl methyl sites for hydroxylation is 1. The molecule has 150 valence electrons. The molecule has 29 heavy (non-hydrogen) atoms. The Hall–Kier alpha value is -3.39. The van der Waals surface area contributed by atoms with Crippen LogP contribution in [0.5, 0.6) is 5.75 Å². The highest BCUT2D eigenvalue weighted by Gasteiger charge is 2.16. The molecule has 0 unspecified atom stereocenters. The minimum Gasteiger partial charge on any atom is -0.495 e. The van der Waals surface area contributed by atoms with Gasteiger partial charge in [-0.2, -0.15) is 0 Å². The van der Waals surface area contributed by atoms with E-state index in [0.717, 1.165) is 11.3 Å². The maximum absolute atomic E-state index is 12.6. The fourth-order valence-electron chi connectivity index (χ4n) is 2.71. The molecule has 1 amide bonds. The Balaban J connectivity index is 1.68. The van der Waals surface area contributed by atoms with Gasteiger partial charge < -0.3 is 20.1 Å². The van der Waals surface area contributed by atoms with E-state index in [2.05, 4.69) is 15.6 Å². The molecule has 7 nitrogen and oxygen atoms in total. The van der Waals surface area contributed by atoms with E-state index in [0.29, 0.717) is 27.0 Å². The van der Waals surface area contributed by atoms with Crippen molar-refractivity contribution in [3.05, 3.63) is 70.2 Å². The van der Waals surface area contributed by atoms with Crippen LogP contribution in [0.2, 0.25) is 0 Å². The molecule has 0 fully saturated rings. The number of hydrogen-bond acceptors (Lipinski definition) is 7. The molecule has 0 aliphatic rings. The Morgan fingerprint density at radius 3 is 2.66 bits per heavy atom. The molecule has 8 heteroatoms. The lowest BCUT2D eigenvalue weighted by atomic mass is 10.1. The summed E-state index contributed by atoms with van der Waals surface area (Å²) in [4.78, 5) is 29.2. The molecule has 2 aromatic carbocycles. The zero-order chi connectivity index (χ0) is 20.8. The maximum Gasteiger partial charge on any atom is 0.337 e. The second kappa shape index (κ2) is 9.20. The van der Waals surface area contributed by atoms with Crippen LogP contribution in [0.15, 0.2) is 48.5 Å². The molecule has 0 aliphatic heterocycles. The van der Waals surface area contributed by atoms with Crippen molar-refractivity contribution < 1.29 is 19.1 Å². The summed E-state index contributed by atoms with van der Waals surface area (Å²) in [5, 5.41) is 6.66. The summed E-state index contributed by atoms with van der Waals surface area (Å²) in [6, 6.07) is 14.4. The molecular weight excluding hydrogens is 390 g/mol. The topological polar surface area (TPSA) is 89.5 Å². The molecule has 1 heterocycles. The number of methoxy groups -OCH3 is 2. The average Bonchev–Trinajstić information content (AvgIpc) is 3.12. The van der Waals surface area contributed by atoms with Crippen LogP contribution in [0.1, 0.15) is 31.3 Å². The summed E-state index contributed by atoms with van der Waals surface area (Å²) in [6.07, 6.45) is 0. The number of anilines is 2. The lowest BCUT2D eigenvalue weighted by Gasteiger charge is -2.08. The standard InChI is InChI=1S/C21H21N3O4S/c1-13-18(29-21(23-13)24-16-9-4-5-10-17(16)27-2)19(25)22-12-14-7-6-8-15(11-14)20(26)28-3/h4-11H,12H2,1-3H3,(H,22,25)(H,23,24). The summed E-state index contributed by atoms with van der Waals surface area (Å²) in [6.45, 7) is 2.08. The van der Waals surface area contributed by atoms with E-state index in [1.54, 1.807) is 32.2 Å². The van der Waals surface area contributed by atoms with Gasteiger partial charge in [-0.15, -0.1) is 0 Å². The molecular formula is C21H21N3O4S. The summed E-state index contributed by atoms with van der Waals surface area (Å²) in [5.74, 6) is 0.0527. The second-order valence-corrected chi connectivity index (χ2v) is 7.13. The van der Waals surface area contributed by atoms with Gasteiger partial charge in [0.15, 0.2) is 5.13 Å². The van der Waals surface area contributed by atoms with Gasteiger partial charge in [-0.1, -0.05) is 35.6 Å². The van der Waals surface area contributed by atoms with E-state index in [1.807, 2.05) is 30.3 Å². The molecule has 2 N–H and O–H groups in total. The lowest BCUT2D eigenvalue weighted by Crippen LogP contribution is -2.22. The van der Waals surface area contributed by atoms with Gasteiger partial charge >= 0.3 is 5.97 Å². The molecule has 3 aromatic rings. The largest absolute Gasteiger partial charge is 0.495 e. The number of nitrogens with zero attached hydrogens (tertiary/aromatic N) is 1. The van der Waals surface area contributed by atoms with Gasteiger partial charge in [0, 0.05) is 6.54 Å². The van der Waals surface area contributed by atoms with Crippen molar-refractivity contribution in [1.82, 2.24) is 10.3 Å². The van der Waals surface area contributed by atoms with Crippen molar-refractivity contribution in [3.63, 3.8) is 0 Å². The number of esters is 1. The van der Waals surface area contributed by atoms with Crippen LogP contribution in [-0.4, -0.2) is 31.1 Å². The van der Waals surface area contributed by atoms with E-state index < -0.39 is 5.97 Å². The van der Waals surface area contributed by atoms with Gasteiger partial charge in [-0.3, -0.25) is 4.79 Å². The molecule has 3 rings (SSSR count). The number of amides is 1. The number of rotatable bonds is 7.